The molecule has 2 saturated heterocycles. The minimum absolute atomic E-state index is 0.0540. The number of hydrogen-bond acceptors (Lipinski definition) is 3. The van der Waals surface area contributed by atoms with E-state index in [0.29, 0.717) is 17.3 Å². The SMILES string of the molecule is N#Cc1cccc(NC(=O)N2CCN3CCC2C3)c1. The topological polar surface area (TPSA) is 59.4 Å². The number of carbonyl (C=O) groups excluding carboxylic acids is 1. The van der Waals surface area contributed by atoms with Crippen LogP contribution in [0.2, 0.25) is 0 Å². The van der Waals surface area contributed by atoms with Gasteiger partial charge in [0, 0.05) is 37.9 Å². The van der Waals surface area contributed by atoms with Crippen molar-refractivity contribution in [3.63, 3.8) is 0 Å². The van der Waals surface area contributed by atoms with Gasteiger partial charge in [-0.25, -0.2) is 4.79 Å². The lowest BCUT2D eigenvalue weighted by molar-refractivity contribution is 0.153. The van der Waals surface area contributed by atoms with Crippen LogP contribution in [0.3, 0.4) is 0 Å². The Hall–Kier alpha value is -2.06. The zero-order valence-corrected chi connectivity index (χ0v) is 10.7. The molecule has 2 bridgehead atoms. The van der Waals surface area contributed by atoms with Gasteiger partial charge in [-0.3, -0.25) is 4.90 Å². The van der Waals surface area contributed by atoms with E-state index in [9.17, 15) is 4.79 Å². The second kappa shape index (κ2) is 4.90. The summed E-state index contributed by atoms with van der Waals surface area (Å²) in [5.74, 6) is 0. The fourth-order valence-electron chi connectivity index (χ4n) is 2.83. The van der Waals surface area contributed by atoms with Crippen LogP contribution in [0.1, 0.15) is 12.0 Å². The van der Waals surface area contributed by atoms with Gasteiger partial charge in [0.2, 0.25) is 0 Å². The van der Waals surface area contributed by atoms with Gasteiger partial charge in [-0.2, -0.15) is 5.26 Å². The van der Waals surface area contributed by atoms with Gasteiger partial charge in [0.1, 0.15) is 0 Å². The third-order valence-electron chi connectivity index (χ3n) is 3.85. The van der Waals surface area contributed by atoms with Crippen molar-refractivity contribution >= 4 is 11.7 Å². The van der Waals surface area contributed by atoms with Crippen LogP contribution in [0.5, 0.6) is 0 Å². The number of nitrogens with one attached hydrogen (secondary N) is 1. The van der Waals surface area contributed by atoms with Crippen molar-refractivity contribution in [2.24, 2.45) is 0 Å². The average Bonchev–Trinajstić information content (AvgIpc) is 2.80. The maximum atomic E-state index is 12.3. The van der Waals surface area contributed by atoms with Crippen LogP contribution in [-0.4, -0.2) is 48.1 Å². The molecule has 2 atom stereocenters. The highest BCUT2D eigenvalue weighted by Crippen LogP contribution is 2.21. The van der Waals surface area contributed by atoms with E-state index in [2.05, 4.69) is 16.3 Å². The summed E-state index contributed by atoms with van der Waals surface area (Å²) in [6, 6.07) is 9.38. The summed E-state index contributed by atoms with van der Waals surface area (Å²) in [6.07, 6.45) is 1.06. The maximum absolute atomic E-state index is 12.3. The highest BCUT2D eigenvalue weighted by atomic mass is 16.2. The summed E-state index contributed by atoms with van der Waals surface area (Å²) >= 11 is 0. The second-order valence-corrected chi connectivity index (χ2v) is 5.06. The smallest absolute Gasteiger partial charge is 0.319 e. The largest absolute Gasteiger partial charge is 0.322 e. The summed E-state index contributed by atoms with van der Waals surface area (Å²) in [6.45, 7) is 3.83. The van der Waals surface area contributed by atoms with Gasteiger partial charge in [-0.15, -0.1) is 0 Å². The molecule has 5 heteroatoms. The molecule has 2 heterocycles. The summed E-state index contributed by atoms with van der Waals surface area (Å²) < 4.78 is 0. The molecule has 98 valence electrons. The highest BCUT2D eigenvalue weighted by molar-refractivity contribution is 5.89. The first-order valence-corrected chi connectivity index (χ1v) is 6.56. The van der Waals surface area contributed by atoms with Gasteiger partial charge < -0.3 is 10.2 Å². The number of anilines is 1. The lowest BCUT2D eigenvalue weighted by Crippen LogP contribution is -2.51. The Balaban J connectivity index is 1.69. The van der Waals surface area contributed by atoms with E-state index in [4.69, 9.17) is 5.26 Å². The fourth-order valence-corrected chi connectivity index (χ4v) is 2.83. The Bertz CT molecular complexity index is 536. The van der Waals surface area contributed by atoms with Crippen molar-refractivity contribution in [3.05, 3.63) is 29.8 Å². The number of urea groups is 1. The molecule has 0 radical (unpaired) electrons. The number of hydrogen-bond donors (Lipinski definition) is 1. The Morgan fingerprint density at radius 2 is 2.26 bits per heavy atom. The molecule has 3 rings (SSSR count). The molecule has 5 nitrogen and oxygen atoms in total. The molecule has 2 unspecified atom stereocenters. The van der Waals surface area contributed by atoms with Crippen molar-refractivity contribution in [1.82, 2.24) is 9.80 Å². The molecular formula is C14H16N4O. The molecule has 2 amide bonds. The summed E-state index contributed by atoms with van der Waals surface area (Å²) in [7, 11) is 0. The van der Waals surface area contributed by atoms with E-state index in [-0.39, 0.29) is 6.03 Å². The zero-order chi connectivity index (χ0) is 13.2. The number of carbonyl (C=O) groups is 1. The minimum atomic E-state index is -0.0540. The summed E-state index contributed by atoms with van der Waals surface area (Å²) in [5.41, 5.74) is 1.24. The Labute approximate surface area is 112 Å². The number of amides is 2. The van der Waals surface area contributed by atoms with E-state index >= 15 is 0 Å². The fraction of sp³-hybridized carbons (Fsp3) is 0.429. The Morgan fingerprint density at radius 3 is 3.11 bits per heavy atom. The van der Waals surface area contributed by atoms with Crippen LogP contribution < -0.4 is 5.32 Å². The van der Waals surface area contributed by atoms with Crippen molar-refractivity contribution in [3.8, 4) is 6.07 Å². The number of benzene rings is 1. The molecule has 0 aliphatic carbocycles. The molecule has 2 aliphatic rings. The van der Waals surface area contributed by atoms with Crippen molar-refractivity contribution in [1.29, 1.82) is 5.26 Å². The van der Waals surface area contributed by atoms with Gasteiger partial charge in [0.05, 0.1) is 11.6 Å². The van der Waals surface area contributed by atoms with Gasteiger partial charge in [-0.1, -0.05) is 6.07 Å². The highest BCUT2D eigenvalue weighted by Gasteiger charge is 2.34. The van der Waals surface area contributed by atoms with Crippen LogP contribution in [-0.2, 0) is 0 Å². The summed E-state index contributed by atoms with van der Waals surface area (Å²) in [5, 5.41) is 11.7. The monoisotopic (exact) mass is 256 g/mol. The van der Waals surface area contributed by atoms with E-state index < -0.39 is 0 Å². The van der Waals surface area contributed by atoms with Crippen molar-refractivity contribution in [2.75, 3.05) is 31.5 Å². The number of nitriles is 1. The normalized spacial score (nSPS) is 24.9. The molecule has 1 N–H and O–H groups in total. The number of nitrogens with zero attached hydrogens (tertiary/aromatic N) is 3. The van der Waals surface area contributed by atoms with Crippen LogP contribution >= 0.6 is 0 Å². The van der Waals surface area contributed by atoms with Gasteiger partial charge in [0.15, 0.2) is 0 Å². The number of fused-ring (bicyclic) bond motifs is 2. The van der Waals surface area contributed by atoms with Crippen LogP contribution in [0.4, 0.5) is 10.5 Å². The third-order valence-corrected chi connectivity index (χ3v) is 3.85. The predicted molar refractivity (Wildman–Crippen MR) is 71.7 cm³/mol. The third kappa shape index (κ3) is 2.40. The Kier molecular flexibility index (Phi) is 3.10. The molecule has 2 aliphatic heterocycles. The molecule has 1 aromatic rings. The summed E-state index contributed by atoms with van der Waals surface area (Å²) in [4.78, 5) is 16.6. The number of piperazine rings is 1. The molecule has 2 fully saturated rings. The Morgan fingerprint density at radius 1 is 1.37 bits per heavy atom. The first-order chi connectivity index (χ1) is 9.26. The number of rotatable bonds is 1. The molecular weight excluding hydrogens is 240 g/mol. The lowest BCUT2D eigenvalue weighted by atomic mass is 10.2. The molecule has 1 aromatic carbocycles. The van der Waals surface area contributed by atoms with Crippen molar-refractivity contribution < 1.29 is 4.79 Å². The predicted octanol–water partition coefficient (Wildman–Crippen LogP) is 1.48. The van der Waals surface area contributed by atoms with Crippen LogP contribution in [0, 0.1) is 11.3 Å². The van der Waals surface area contributed by atoms with Gasteiger partial charge in [-0.05, 0) is 24.6 Å². The van der Waals surface area contributed by atoms with Crippen molar-refractivity contribution in [2.45, 2.75) is 12.5 Å². The first-order valence-electron chi connectivity index (χ1n) is 6.56. The van der Waals surface area contributed by atoms with Gasteiger partial charge >= 0.3 is 6.03 Å². The standard InChI is InChI=1S/C14H16N4O/c15-9-11-2-1-3-12(8-11)16-14(19)18-7-6-17-5-4-13(18)10-17/h1-3,8,13H,4-7,10H2,(H,16,19). The molecule has 0 spiro atoms. The second-order valence-electron chi connectivity index (χ2n) is 5.06. The minimum Gasteiger partial charge on any atom is -0.319 e. The molecule has 0 aromatic heterocycles. The maximum Gasteiger partial charge on any atom is 0.322 e. The van der Waals surface area contributed by atoms with E-state index in [1.165, 1.54) is 0 Å². The molecule has 19 heavy (non-hydrogen) atoms. The average molecular weight is 256 g/mol. The van der Waals surface area contributed by atoms with E-state index in [1.807, 2.05) is 11.0 Å². The lowest BCUT2D eigenvalue weighted by Gasteiger charge is -2.34. The zero-order valence-electron chi connectivity index (χ0n) is 10.7. The van der Waals surface area contributed by atoms with E-state index in [0.717, 1.165) is 32.6 Å². The first kappa shape index (κ1) is 12.0. The quantitative estimate of drug-likeness (QED) is 0.828. The van der Waals surface area contributed by atoms with Crippen LogP contribution in [0.15, 0.2) is 24.3 Å². The van der Waals surface area contributed by atoms with Crippen LogP contribution in [0.25, 0.3) is 0 Å². The molecule has 0 saturated carbocycles. The van der Waals surface area contributed by atoms with E-state index in [1.54, 1.807) is 18.2 Å². The van der Waals surface area contributed by atoms with Gasteiger partial charge in [0.25, 0.3) is 0 Å².